The first-order valence-corrected chi connectivity index (χ1v) is 13.5. The van der Waals surface area contributed by atoms with E-state index in [1.165, 1.54) is 0 Å². The van der Waals surface area contributed by atoms with Crippen molar-refractivity contribution in [3.05, 3.63) is 59.2 Å². The summed E-state index contributed by atoms with van der Waals surface area (Å²) < 4.78 is 64.6. The van der Waals surface area contributed by atoms with Gasteiger partial charge in [-0.15, -0.1) is 0 Å². The molecule has 0 aliphatic rings. The van der Waals surface area contributed by atoms with Gasteiger partial charge < -0.3 is 25.4 Å². The van der Waals surface area contributed by atoms with Crippen LogP contribution < -0.4 is 20.7 Å². The van der Waals surface area contributed by atoms with E-state index in [4.69, 9.17) is 4.74 Å². The van der Waals surface area contributed by atoms with Gasteiger partial charge in [-0.1, -0.05) is 39.0 Å². The number of ketones is 1. The van der Waals surface area contributed by atoms with Gasteiger partial charge in [0.25, 0.3) is 0 Å². The summed E-state index contributed by atoms with van der Waals surface area (Å²) in [6, 6.07) is 5.24. The molecule has 14 heteroatoms. The van der Waals surface area contributed by atoms with E-state index in [-0.39, 0.29) is 18.0 Å². The van der Waals surface area contributed by atoms with Gasteiger partial charge in [0.2, 0.25) is 17.5 Å². The summed E-state index contributed by atoms with van der Waals surface area (Å²) in [7, 11) is 0. The maximum Gasteiger partial charge on any atom is 0.313 e. The van der Waals surface area contributed by atoms with E-state index in [0.29, 0.717) is 5.69 Å². The molecule has 0 radical (unpaired) electrons. The molecular weight excluding hydrogens is 590 g/mol. The monoisotopic (exact) mass is 625 g/mol. The lowest BCUT2D eigenvalue weighted by atomic mass is 9.86. The number of Topliss-reactive ketones (excluding diaryl/α,β-unsaturated/α-hetero) is 1. The van der Waals surface area contributed by atoms with Gasteiger partial charge in [-0.05, 0) is 37.8 Å². The predicted octanol–water partition coefficient (Wildman–Crippen LogP) is 3.85. The molecule has 3 amide bonds. The Hall–Kier alpha value is -4.49. The standard InChI is InChI=1S/C30H35F4N3O7/c1-29(2,3)16-9-7-8-10-19(16)37-28(42)27(41)35-12-11-22(39)36-20(14-23(40)44-30(4,5)6)21(38)15-43-26-24(33)17(31)13-18(32)25(26)34/h7-10,13,20H,11-12,14-15H2,1-6H3,(H,35,41)(H,36,39)(H,37,42)/t20-/m0/s1. The molecule has 0 saturated heterocycles. The van der Waals surface area contributed by atoms with Crippen LogP contribution in [-0.4, -0.2) is 54.3 Å². The molecule has 2 aromatic rings. The number of para-hydroxylation sites is 1. The zero-order valence-corrected chi connectivity index (χ0v) is 25.2. The molecule has 0 fully saturated rings. The molecule has 0 bridgehead atoms. The molecule has 0 aliphatic carbocycles. The van der Waals surface area contributed by atoms with Gasteiger partial charge in [0.15, 0.2) is 23.2 Å². The quantitative estimate of drug-likeness (QED) is 0.149. The third-order valence-corrected chi connectivity index (χ3v) is 5.77. The number of esters is 1. The van der Waals surface area contributed by atoms with Crippen molar-refractivity contribution in [2.75, 3.05) is 18.5 Å². The molecule has 3 N–H and O–H groups in total. The Labute approximate surface area is 251 Å². The van der Waals surface area contributed by atoms with Crippen molar-refractivity contribution < 1.29 is 51.0 Å². The van der Waals surface area contributed by atoms with E-state index in [0.717, 1.165) is 5.56 Å². The number of halogens is 4. The van der Waals surface area contributed by atoms with Crippen LogP contribution in [0.4, 0.5) is 23.2 Å². The number of hydrogen-bond donors (Lipinski definition) is 3. The lowest BCUT2D eigenvalue weighted by Crippen LogP contribution is -2.46. The first-order valence-electron chi connectivity index (χ1n) is 13.5. The van der Waals surface area contributed by atoms with Gasteiger partial charge in [0.1, 0.15) is 18.2 Å². The van der Waals surface area contributed by atoms with Crippen LogP contribution in [0.2, 0.25) is 0 Å². The summed E-state index contributed by atoms with van der Waals surface area (Å²) in [4.78, 5) is 62.4. The van der Waals surface area contributed by atoms with E-state index < -0.39 is 89.6 Å². The van der Waals surface area contributed by atoms with Crippen molar-refractivity contribution in [3.8, 4) is 5.75 Å². The predicted molar refractivity (Wildman–Crippen MR) is 151 cm³/mol. The second kappa shape index (κ2) is 14.8. The molecule has 2 aromatic carbocycles. The van der Waals surface area contributed by atoms with Gasteiger partial charge >= 0.3 is 17.8 Å². The number of rotatable bonds is 11. The molecule has 44 heavy (non-hydrogen) atoms. The third kappa shape index (κ3) is 10.7. The topological polar surface area (TPSA) is 140 Å². The van der Waals surface area contributed by atoms with Crippen LogP contribution in [0.5, 0.6) is 5.75 Å². The Morgan fingerprint density at radius 1 is 0.864 bits per heavy atom. The summed E-state index contributed by atoms with van der Waals surface area (Å²) in [5.41, 5.74) is -0.0657. The Bertz CT molecular complexity index is 1390. The smallest absolute Gasteiger partial charge is 0.313 e. The summed E-state index contributed by atoms with van der Waals surface area (Å²) in [5.74, 6) is -13.7. The number of amides is 3. The molecule has 0 spiro atoms. The van der Waals surface area contributed by atoms with Gasteiger partial charge in [-0.3, -0.25) is 24.0 Å². The zero-order valence-electron chi connectivity index (χ0n) is 25.2. The second-order valence-electron chi connectivity index (χ2n) is 11.7. The molecule has 240 valence electrons. The van der Waals surface area contributed by atoms with Crippen LogP contribution in [-0.2, 0) is 34.1 Å². The Kier molecular flexibility index (Phi) is 12.0. The minimum absolute atomic E-state index is 0.0436. The van der Waals surface area contributed by atoms with Crippen LogP contribution in [0.15, 0.2) is 30.3 Å². The van der Waals surface area contributed by atoms with E-state index in [2.05, 4.69) is 20.7 Å². The number of ether oxygens (including phenoxy) is 2. The highest BCUT2D eigenvalue weighted by Crippen LogP contribution is 2.29. The first kappa shape index (κ1) is 35.7. The normalized spacial score (nSPS) is 12.1. The van der Waals surface area contributed by atoms with Crippen molar-refractivity contribution in [1.82, 2.24) is 10.6 Å². The fourth-order valence-electron chi connectivity index (χ4n) is 3.78. The minimum atomic E-state index is -1.88. The summed E-state index contributed by atoms with van der Waals surface area (Å²) in [5, 5.41) is 7.02. The van der Waals surface area contributed by atoms with Crippen molar-refractivity contribution in [3.63, 3.8) is 0 Å². The first-order chi connectivity index (χ1) is 20.3. The van der Waals surface area contributed by atoms with Crippen LogP contribution in [0, 0.1) is 23.3 Å². The van der Waals surface area contributed by atoms with E-state index >= 15 is 0 Å². The van der Waals surface area contributed by atoms with Crippen LogP contribution in [0.3, 0.4) is 0 Å². The number of hydrogen-bond acceptors (Lipinski definition) is 7. The molecule has 0 aliphatic heterocycles. The van der Waals surface area contributed by atoms with Crippen LogP contribution in [0.25, 0.3) is 0 Å². The SMILES string of the molecule is CC(C)(C)OC(=O)C[C@H](NC(=O)CCNC(=O)C(=O)Nc1ccccc1C(C)(C)C)C(=O)COc1c(F)c(F)cc(F)c1F. The minimum Gasteiger partial charge on any atom is -0.479 e. The number of carbonyl (C=O) groups is 5. The molecule has 0 unspecified atom stereocenters. The van der Waals surface area contributed by atoms with Crippen LogP contribution >= 0.6 is 0 Å². The lowest BCUT2D eigenvalue weighted by Gasteiger charge is -2.23. The summed E-state index contributed by atoms with van der Waals surface area (Å²) in [6.07, 6.45) is -1.18. The maximum absolute atomic E-state index is 13.9. The van der Waals surface area contributed by atoms with Gasteiger partial charge in [0, 0.05) is 24.7 Å². The van der Waals surface area contributed by atoms with Gasteiger partial charge in [-0.25, -0.2) is 8.78 Å². The number of benzene rings is 2. The summed E-state index contributed by atoms with van der Waals surface area (Å²) in [6.45, 7) is 8.92. The van der Waals surface area contributed by atoms with E-state index in [1.54, 1.807) is 45.0 Å². The fraction of sp³-hybridized carbons (Fsp3) is 0.433. The molecule has 2 rings (SSSR count). The second-order valence-corrected chi connectivity index (χ2v) is 11.7. The average molecular weight is 626 g/mol. The molecular formula is C30H35F4N3O7. The van der Waals surface area contributed by atoms with Gasteiger partial charge in [0.05, 0.1) is 6.42 Å². The molecule has 0 heterocycles. The average Bonchev–Trinajstić information content (AvgIpc) is 2.90. The zero-order chi connectivity index (χ0) is 33.4. The largest absolute Gasteiger partial charge is 0.479 e. The third-order valence-electron chi connectivity index (χ3n) is 5.77. The van der Waals surface area contributed by atoms with Gasteiger partial charge in [-0.2, -0.15) is 8.78 Å². The van der Waals surface area contributed by atoms with Crippen molar-refractivity contribution in [1.29, 1.82) is 0 Å². The van der Waals surface area contributed by atoms with Crippen LogP contribution in [0.1, 0.15) is 59.9 Å². The molecule has 0 saturated carbocycles. The van der Waals surface area contributed by atoms with Crippen molar-refractivity contribution >= 4 is 35.2 Å². The highest BCUT2D eigenvalue weighted by Gasteiger charge is 2.29. The fourth-order valence-corrected chi connectivity index (χ4v) is 3.78. The number of nitrogens with one attached hydrogen (secondary N) is 3. The Balaban J connectivity index is 2.03. The highest BCUT2D eigenvalue weighted by atomic mass is 19.2. The molecule has 1 atom stereocenters. The van der Waals surface area contributed by atoms with Crippen molar-refractivity contribution in [2.24, 2.45) is 0 Å². The Morgan fingerprint density at radius 2 is 1.45 bits per heavy atom. The Morgan fingerprint density at radius 3 is 2.02 bits per heavy atom. The summed E-state index contributed by atoms with van der Waals surface area (Å²) >= 11 is 0. The maximum atomic E-state index is 13.9. The molecule has 10 nitrogen and oxygen atoms in total. The molecule has 0 aromatic heterocycles. The lowest BCUT2D eigenvalue weighted by molar-refractivity contribution is -0.156. The van der Waals surface area contributed by atoms with E-state index in [1.807, 2.05) is 20.8 Å². The van der Waals surface area contributed by atoms with Crippen molar-refractivity contribution in [2.45, 2.75) is 71.4 Å². The van der Waals surface area contributed by atoms with E-state index in [9.17, 15) is 41.5 Å². The number of anilines is 1. The highest BCUT2D eigenvalue weighted by molar-refractivity contribution is 6.39. The number of carbonyl (C=O) groups excluding carboxylic acids is 5.